The number of aryl methyl sites for hydroxylation is 1. The molecule has 5 rings (SSSR count). The summed E-state index contributed by atoms with van der Waals surface area (Å²) in [6.07, 6.45) is 8.39. The molecule has 1 saturated carbocycles. The van der Waals surface area contributed by atoms with Crippen molar-refractivity contribution >= 4 is 5.91 Å². The zero-order valence-corrected chi connectivity index (χ0v) is 16.3. The fourth-order valence-electron chi connectivity index (χ4n) is 4.58. The first-order chi connectivity index (χ1) is 14.1. The van der Waals surface area contributed by atoms with Crippen LogP contribution in [-0.2, 0) is 0 Å². The molecule has 8 heteroatoms. The van der Waals surface area contributed by atoms with Gasteiger partial charge in [0.2, 0.25) is 0 Å². The average molecular weight is 390 g/mol. The zero-order chi connectivity index (χ0) is 20.0. The molecule has 1 aliphatic carbocycles. The zero-order valence-electron chi connectivity index (χ0n) is 16.3. The number of aromatic nitrogens is 5. The predicted molar refractivity (Wildman–Crippen MR) is 105 cm³/mol. The maximum atomic E-state index is 13.5. The van der Waals surface area contributed by atoms with Gasteiger partial charge < -0.3 is 9.64 Å². The summed E-state index contributed by atoms with van der Waals surface area (Å²) in [6.45, 7) is 4.06. The molecule has 0 spiro atoms. The number of fused-ring (bicyclic) bond motifs is 2. The van der Waals surface area contributed by atoms with Crippen molar-refractivity contribution in [2.75, 3.05) is 0 Å². The van der Waals surface area contributed by atoms with E-state index in [0.717, 1.165) is 24.3 Å². The smallest absolute Gasteiger partial charge is 0.275 e. The van der Waals surface area contributed by atoms with Crippen molar-refractivity contribution in [3.63, 3.8) is 0 Å². The van der Waals surface area contributed by atoms with Crippen LogP contribution >= 0.6 is 0 Å². The second kappa shape index (κ2) is 6.95. The molecule has 148 valence electrons. The number of rotatable bonds is 4. The van der Waals surface area contributed by atoms with Crippen LogP contribution in [0.1, 0.15) is 35.9 Å². The van der Waals surface area contributed by atoms with Crippen molar-refractivity contribution < 1.29 is 9.53 Å². The average Bonchev–Trinajstić information content (AvgIpc) is 3.46. The lowest BCUT2D eigenvalue weighted by molar-refractivity contribution is 0.0321. The van der Waals surface area contributed by atoms with Crippen molar-refractivity contribution in [2.45, 2.75) is 44.9 Å². The third-order valence-electron chi connectivity index (χ3n) is 6.02. The molecule has 0 aromatic carbocycles. The quantitative estimate of drug-likeness (QED) is 0.680. The van der Waals surface area contributed by atoms with Crippen molar-refractivity contribution in [3.8, 4) is 11.4 Å². The SMILES string of the molecule is Cc1ccc(OC2CC3CC2N(C(=O)c2ncccc2-n2nccn2)C3C)cn1. The normalized spacial score (nSPS) is 25.4. The summed E-state index contributed by atoms with van der Waals surface area (Å²) in [4.78, 5) is 25.6. The van der Waals surface area contributed by atoms with Gasteiger partial charge in [0.05, 0.1) is 24.6 Å². The number of amides is 1. The van der Waals surface area contributed by atoms with Crippen molar-refractivity contribution in [1.82, 2.24) is 29.9 Å². The van der Waals surface area contributed by atoms with Crippen LogP contribution in [0.15, 0.2) is 49.1 Å². The Morgan fingerprint density at radius 2 is 1.93 bits per heavy atom. The number of carbonyl (C=O) groups excluding carboxylic acids is 1. The molecule has 8 nitrogen and oxygen atoms in total. The first-order valence-corrected chi connectivity index (χ1v) is 9.85. The van der Waals surface area contributed by atoms with Gasteiger partial charge in [0.25, 0.3) is 5.91 Å². The van der Waals surface area contributed by atoms with E-state index in [-0.39, 0.29) is 24.1 Å². The van der Waals surface area contributed by atoms with E-state index < -0.39 is 0 Å². The Kier molecular flexibility index (Phi) is 4.26. The van der Waals surface area contributed by atoms with Crippen LogP contribution in [0.4, 0.5) is 0 Å². The van der Waals surface area contributed by atoms with Gasteiger partial charge in [0, 0.05) is 17.9 Å². The van der Waals surface area contributed by atoms with Crippen LogP contribution in [0.3, 0.4) is 0 Å². The summed E-state index contributed by atoms with van der Waals surface area (Å²) in [5.41, 5.74) is 1.89. The molecule has 2 aliphatic rings. The molecular formula is C21H22N6O2. The molecule has 4 heterocycles. The monoisotopic (exact) mass is 390 g/mol. The lowest BCUT2D eigenvalue weighted by Crippen LogP contribution is -2.51. The molecule has 2 fully saturated rings. The fourth-order valence-corrected chi connectivity index (χ4v) is 4.58. The van der Waals surface area contributed by atoms with Gasteiger partial charge in [-0.05, 0) is 56.9 Å². The van der Waals surface area contributed by atoms with E-state index >= 15 is 0 Å². The Bertz CT molecular complexity index is 1020. The minimum absolute atomic E-state index is 0.0178. The lowest BCUT2D eigenvalue weighted by atomic mass is 9.98. The number of carbonyl (C=O) groups is 1. The van der Waals surface area contributed by atoms with E-state index in [2.05, 4.69) is 27.1 Å². The largest absolute Gasteiger partial charge is 0.487 e. The maximum Gasteiger partial charge on any atom is 0.275 e. The summed E-state index contributed by atoms with van der Waals surface area (Å²) in [5, 5.41) is 8.33. The third-order valence-corrected chi connectivity index (χ3v) is 6.02. The second-order valence-electron chi connectivity index (χ2n) is 7.73. The van der Waals surface area contributed by atoms with Crippen LogP contribution < -0.4 is 4.74 Å². The summed E-state index contributed by atoms with van der Waals surface area (Å²) in [7, 11) is 0. The van der Waals surface area contributed by atoms with Crippen molar-refractivity contribution in [2.24, 2.45) is 5.92 Å². The van der Waals surface area contributed by atoms with Crippen molar-refractivity contribution in [1.29, 1.82) is 0 Å². The molecule has 0 radical (unpaired) electrons. The minimum atomic E-state index is -0.103. The van der Waals surface area contributed by atoms with Gasteiger partial charge in [-0.15, -0.1) is 4.80 Å². The molecule has 4 unspecified atom stereocenters. The number of nitrogens with zero attached hydrogens (tertiary/aromatic N) is 6. The highest BCUT2D eigenvalue weighted by Gasteiger charge is 2.53. The number of hydrogen-bond acceptors (Lipinski definition) is 6. The topological polar surface area (TPSA) is 86.0 Å². The maximum absolute atomic E-state index is 13.5. The number of likely N-dealkylation sites (tertiary alicyclic amines) is 1. The van der Waals surface area contributed by atoms with Crippen LogP contribution in [0.2, 0.25) is 0 Å². The van der Waals surface area contributed by atoms with Gasteiger partial charge in [-0.25, -0.2) is 4.98 Å². The third kappa shape index (κ3) is 3.04. The molecule has 1 aliphatic heterocycles. The molecule has 3 aromatic heterocycles. The lowest BCUT2D eigenvalue weighted by Gasteiger charge is -2.37. The predicted octanol–water partition coefficient (Wildman–Crippen LogP) is 2.44. The van der Waals surface area contributed by atoms with Crippen LogP contribution in [0.25, 0.3) is 5.69 Å². The van der Waals surface area contributed by atoms with Gasteiger partial charge >= 0.3 is 0 Å². The van der Waals surface area contributed by atoms with E-state index in [1.54, 1.807) is 30.9 Å². The molecule has 4 atom stereocenters. The van der Waals surface area contributed by atoms with Gasteiger partial charge in [-0.2, -0.15) is 10.2 Å². The van der Waals surface area contributed by atoms with E-state index in [1.165, 1.54) is 4.80 Å². The Labute approximate surface area is 168 Å². The fraction of sp³-hybridized carbons (Fsp3) is 0.381. The molecule has 1 amide bonds. The summed E-state index contributed by atoms with van der Waals surface area (Å²) >= 11 is 0. The highest BCUT2D eigenvalue weighted by atomic mass is 16.5. The van der Waals surface area contributed by atoms with Gasteiger partial charge in [-0.1, -0.05) is 0 Å². The second-order valence-corrected chi connectivity index (χ2v) is 7.73. The van der Waals surface area contributed by atoms with Crippen LogP contribution in [0, 0.1) is 12.8 Å². The minimum Gasteiger partial charge on any atom is -0.487 e. The highest BCUT2D eigenvalue weighted by Crippen LogP contribution is 2.44. The Morgan fingerprint density at radius 1 is 1.10 bits per heavy atom. The molecular weight excluding hydrogens is 368 g/mol. The number of piperidine rings is 1. The number of pyridine rings is 2. The molecule has 0 N–H and O–H groups in total. The van der Waals surface area contributed by atoms with E-state index in [1.807, 2.05) is 30.0 Å². The summed E-state index contributed by atoms with van der Waals surface area (Å²) < 4.78 is 6.22. The first-order valence-electron chi connectivity index (χ1n) is 9.85. The van der Waals surface area contributed by atoms with E-state index in [9.17, 15) is 4.79 Å². The highest BCUT2D eigenvalue weighted by molar-refractivity contribution is 5.96. The molecule has 29 heavy (non-hydrogen) atoms. The van der Waals surface area contributed by atoms with Gasteiger partial charge in [0.1, 0.15) is 17.5 Å². The van der Waals surface area contributed by atoms with Crippen LogP contribution in [-0.4, -0.2) is 54.0 Å². The number of hydrogen-bond donors (Lipinski definition) is 0. The molecule has 3 aromatic rings. The Hall–Kier alpha value is -3.29. The van der Waals surface area contributed by atoms with Gasteiger partial charge in [0.15, 0.2) is 5.69 Å². The molecule has 1 saturated heterocycles. The van der Waals surface area contributed by atoms with Crippen LogP contribution in [0.5, 0.6) is 5.75 Å². The summed E-state index contributed by atoms with van der Waals surface area (Å²) in [5.74, 6) is 1.06. The van der Waals surface area contributed by atoms with E-state index in [0.29, 0.717) is 17.3 Å². The summed E-state index contributed by atoms with van der Waals surface area (Å²) in [6, 6.07) is 7.62. The number of ether oxygens (including phenoxy) is 1. The Balaban J connectivity index is 1.42. The van der Waals surface area contributed by atoms with E-state index in [4.69, 9.17) is 4.74 Å². The van der Waals surface area contributed by atoms with Gasteiger partial charge in [-0.3, -0.25) is 9.78 Å². The molecule has 2 bridgehead atoms. The Morgan fingerprint density at radius 3 is 2.66 bits per heavy atom. The van der Waals surface area contributed by atoms with Crippen molar-refractivity contribution in [3.05, 3.63) is 60.4 Å². The standard InChI is InChI=1S/C21H22N6O2/c1-13-5-6-16(12-23-13)29-19-11-15-10-18(19)26(14(15)2)21(28)20-17(4-3-7-22-20)27-24-8-9-25-27/h3-9,12,14-15,18-19H,10-11H2,1-2H3. The first kappa shape index (κ1) is 17.8.